The van der Waals surface area contributed by atoms with Crippen LogP contribution < -0.4 is 9.80 Å². The van der Waals surface area contributed by atoms with Gasteiger partial charge in [0, 0.05) is 43.8 Å². The number of pyridine rings is 1. The smallest absolute Gasteiger partial charge is 0.267 e. The summed E-state index contributed by atoms with van der Waals surface area (Å²) in [5.41, 5.74) is 1.58. The molecule has 3 aliphatic rings. The number of hydrogen-bond acceptors (Lipinski definition) is 7. The fourth-order valence-corrected chi connectivity index (χ4v) is 5.23. The Morgan fingerprint density at radius 1 is 1.00 bits per heavy atom. The van der Waals surface area contributed by atoms with Crippen molar-refractivity contribution < 1.29 is 22.3 Å². The van der Waals surface area contributed by atoms with E-state index in [1.165, 1.54) is 0 Å². The van der Waals surface area contributed by atoms with Gasteiger partial charge in [-0.15, -0.1) is 10.2 Å². The maximum absolute atomic E-state index is 14.9. The zero-order valence-electron chi connectivity index (χ0n) is 19.8. The summed E-state index contributed by atoms with van der Waals surface area (Å²) in [5.74, 6) is -3.89. The molecule has 2 fully saturated rings. The first-order valence-electron chi connectivity index (χ1n) is 12.0. The Labute approximate surface area is 215 Å². The van der Waals surface area contributed by atoms with Gasteiger partial charge in [0.1, 0.15) is 5.82 Å². The van der Waals surface area contributed by atoms with Crippen LogP contribution in [0.2, 0.25) is 5.02 Å². The van der Waals surface area contributed by atoms with Gasteiger partial charge in [0.25, 0.3) is 5.92 Å². The van der Waals surface area contributed by atoms with Crippen molar-refractivity contribution in [3.05, 3.63) is 58.5 Å². The van der Waals surface area contributed by atoms with Gasteiger partial charge in [0.05, 0.1) is 44.1 Å². The minimum Gasteiger partial charge on any atom is -0.380 e. The molecule has 3 aliphatic heterocycles. The highest BCUT2D eigenvalue weighted by molar-refractivity contribution is 6.30. The molecule has 8 nitrogen and oxygen atoms in total. The number of fused-ring (bicyclic) bond motifs is 3. The molecule has 1 aromatic carbocycles. The normalized spacial score (nSPS) is 18.8. The Hall–Kier alpha value is -2.96. The second kappa shape index (κ2) is 9.41. The highest BCUT2D eigenvalue weighted by Crippen LogP contribution is 2.35. The highest BCUT2D eigenvalue weighted by atomic mass is 35.5. The maximum Gasteiger partial charge on any atom is 0.267 e. The number of halogens is 5. The molecule has 0 saturated carbocycles. The van der Waals surface area contributed by atoms with Crippen LogP contribution in [0, 0.1) is 17.6 Å². The number of aromatic nitrogens is 4. The number of anilines is 2. The van der Waals surface area contributed by atoms with E-state index in [0.29, 0.717) is 43.0 Å². The third kappa shape index (κ3) is 4.62. The molecule has 0 aliphatic carbocycles. The lowest BCUT2D eigenvalue weighted by Crippen LogP contribution is -2.49. The third-order valence-corrected chi connectivity index (χ3v) is 7.31. The molecule has 37 heavy (non-hydrogen) atoms. The SMILES string of the molecule is Fc1cnc(N2CCN(c3nnc4n3-c3ccc(Cl)cc3CN(CC(F)(F)C3COC3)C4)CC2)c(F)c1. The van der Waals surface area contributed by atoms with Gasteiger partial charge in [0.15, 0.2) is 17.5 Å². The van der Waals surface area contributed by atoms with Gasteiger partial charge in [-0.05, 0) is 23.8 Å². The van der Waals surface area contributed by atoms with E-state index in [1.54, 1.807) is 21.9 Å². The predicted molar refractivity (Wildman–Crippen MR) is 128 cm³/mol. The Morgan fingerprint density at radius 2 is 1.76 bits per heavy atom. The zero-order chi connectivity index (χ0) is 25.7. The molecule has 0 spiro atoms. The van der Waals surface area contributed by atoms with Gasteiger partial charge < -0.3 is 14.5 Å². The van der Waals surface area contributed by atoms with Gasteiger partial charge in [-0.2, -0.15) is 0 Å². The van der Waals surface area contributed by atoms with E-state index >= 15 is 0 Å². The number of rotatable bonds is 5. The molecule has 3 aromatic rings. The summed E-state index contributed by atoms with van der Waals surface area (Å²) in [5, 5.41) is 9.30. The minimum absolute atomic E-state index is 0.0624. The lowest BCUT2D eigenvalue weighted by atomic mass is 9.99. The molecule has 0 atom stereocenters. The molecule has 13 heteroatoms. The number of piperazine rings is 1. The van der Waals surface area contributed by atoms with Crippen LogP contribution in [-0.4, -0.2) is 76.5 Å². The van der Waals surface area contributed by atoms with Gasteiger partial charge in [0.2, 0.25) is 5.95 Å². The predicted octanol–water partition coefficient (Wildman–Crippen LogP) is 3.52. The molecule has 0 N–H and O–H groups in total. The lowest BCUT2D eigenvalue weighted by molar-refractivity contribution is -0.179. The summed E-state index contributed by atoms with van der Waals surface area (Å²) in [4.78, 5) is 9.35. The van der Waals surface area contributed by atoms with Crippen molar-refractivity contribution in [2.45, 2.75) is 19.0 Å². The number of hydrogen-bond donors (Lipinski definition) is 0. The van der Waals surface area contributed by atoms with Crippen LogP contribution in [0.25, 0.3) is 5.69 Å². The zero-order valence-corrected chi connectivity index (χ0v) is 20.5. The van der Waals surface area contributed by atoms with Crippen molar-refractivity contribution in [3.8, 4) is 5.69 Å². The standard InChI is InChI=1S/C24H24ClF4N7O/c25-17-1-2-20-15(7-17)10-33(14-24(28,29)16-12-37-13-16)11-21-31-32-23(36(20)21)35-5-3-34(4-6-35)22-19(27)8-18(26)9-30-22/h1-2,7-9,16H,3-6,10-14H2. The number of ether oxygens (including phenoxy) is 1. The van der Waals surface area contributed by atoms with Crippen LogP contribution in [0.4, 0.5) is 29.3 Å². The van der Waals surface area contributed by atoms with Gasteiger partial charge in [-0.1, -0.05) is 11.6 Å². The summed E-state index contributed by atoms with van der Waals surface area (Å²) >= 11 is 6.28. The van der Waals surface area contributed by atoms with E-state index in [2.05, 4.69) is 15.2 Å². The van der Waals surface area contributed by atoms with E-state index in [-0.39, 0.29) is 32.1 Å². The van der Waals surface area contributed by atoms with Crippen molar-refractivity contribution >= 4 is 23.4 Å². The van der Waals surface area contributed by atoms with Crippen LogP contribution in [0.3, 0.4) is 0 Å². The van der Waals surface area contributed by atoms with Crippen LogP contribution >= 0.6 is 11.6 Å². The molecule has 5 heterocycles. The molecule has 0 amide bonds. The first-order chi connectivity index (χ1) is 17.8. The lowest BCUT2D eigenvalue weighted by Gasteiger charge is -2.36. The molecule has 0 bridgehead atoms. The van der Waals surface area contributed by atoms with Crippen LogP contribution in [-0.2, 0) is 17.8 Å². The molecule has 2 aromatic heterocycles. The van der Waals surface area contributed by atoms with Crippen LogP contribution in [0.5, 0.6) is 0 Å². The fraction of sp³-hybridized carbons (Fsp3) is 0.458. The monoisotopic (exact) mass is 537 g/mol. The Morgan fingerprint density at radius 3 is 2.46 bits per heavy atom. The topological polar surface area (TPSA) is 62.6 Å². The molecule has 196 valence electrons. The van der Waals surface area contributed by atoms with Crippen molar-refractivity contribution in [1.29, 1.82) is 0 Å². The van der Waals surface area contributed by atoms with Crippen molar-refractivity contribution in [1.82, 2.24) is 24.6 Å². The second-order valence-corrected chi connectivity index (χ2v) is 10.0. The van der Waals surface area contributed by atoms with Gasteiger partial charge in [-0.3, -0.25) is 9.47 Å². The maximum atomic E-state index is 14.9. The number of nitrogens with zero attached hydrogens (tertiary/aromatic N) is 7. The first kappa shape index (κ1) is 24.4. The summed E-state index contributed by atoms with van der Waals surface area (Å²) in [6, 6.07) is 6.21. The van der Waals surface area contributed by atoms with Crippen molar-refractivity contribution in [2.24, 2.45) is 5.92 Å². The Bertz CT molecular complexity index is 1310. The summed E-state index contributed by atoms with van der Waals surface area (Å²) < 4.78 is 64.2. The van der Waals surface area contributed by atoms with E-state index in [1.807, 2.05) is 15.5 Å². The van der Waals surface area contributed by atoms with Gasteiger partial charge >= 0.3 is 0 Å². The Balaban J connectivity index is 1.27. The molecule has 0 radical (unpaired) electrons. The Kier molecular flexibility index (Phi) is 6.20. The summed E-state index contributed by atoms with van der Waals surface area (Å²) in [6.07, 6.45) is 0.999. The third-order valence-electron chi connectivity index (χ3n) is 7.07. The molecular weight excluding hydrogens is 514 g/mol. The quantitative estimate of drug-likeness (QED) is 0.462. The largest absolute Gasteiger partial charge is 0.380 e. The summed E-state index contributed by atoms with van der Waals surface area (Å²) in [6.45, 7) is 2.02. The fourth-order valence-electron chi connectivity index (χ4n) is 5.03. The average molecular weight is 538 g/mol. The van der Waals surface area contributed by atoms with Crippen LogP contribution in [0.15, 0.2) is 30.5 Å². The van der Waals surface area contributed by atoms with E-state index in [0.717, 1.165) is 23.5 Å². The minimum atomic E-state index is -2.89. The van der Waals surface area contributed by atoms with Crippen molar-refractivity contribution in [3.63, 3.8) is 0 Å². The second-order valence-electron chi connectivity index (χ2n) is 9.60. The molecule has 2 saturated heterocycles. The number of alkyl halides is 2. The first-order valence-corrected chi connectivity index (χ1v) is 12.4. The van der Waals surface area contributed by atoms with E-state index in [9.17, 15) is 17.6 Å². The van der Waals surface area contributed by atoms with Crippen LogP contribution in [0.1, 0.15) is 11.4 Å². The molecule has 6 rings (SSSR count). The van der Waals surface area contributed by atoms with E-state index < -0.39 is 30.0 Å². The summed E-state index contributed by atoms with van der Waals surface area (Å²) in [7, 11) is 0. The highest BCUT2D eigenvalue weighted by Gasteiger charge is 2.45. The van der Waals surface area contributed by atoms with Crippen molar-refractivity contribution in [2.75, 3.05) is 55.7 Å². The van der Waals surface area contributed by atoms with Gasteiger partial charge in [-0.25, -0.2) is 22.5 Å². The molecular formula is C24H24ClF4N7O. The van der Waals surface area contributed by atoms with E-state index in [4.69, 9.17) is 16.3 Å². The number of benzene rings is 1. The average Bonchev–Trinajstić information content (AvgIpc) is 3.14. The molecule has 0 unspecified atom stereocenters.